The third kappa shape index (κ3) is 7.24. The molecule has 0 bridgehead atoms. The van der Waals surface area contributed by atoms with Crippen molar-refractivity contribution < 1.29 is 0 Å². The third-order valence-corrected chi connectivity index (χ3v) is 20.6. The van der Waals surface area contributed by atoms with Gasteiger partial charge in [0.1, 0.15) is 0 Å². The van der Waals surface area contributed by atoms with E-state index in [1.54, 1.807) is 0 Å². The standard InChI is InChI=1S/C44H25N.C22H13Br.C22H13N/c1-2-13-30-29(12-1)35-18-8-17-34-28(22-23-37(30)42(34)35)26-10-7-11-27(24-26)45-41-21-6-5-16-33(41)40-25-39-32-15-4-3-14-31(32)36-19-9-20-38(43(36)39)44(40)45;23-15-6-3-5-14(13-15)16-11-12-21-18-8-2-1-7-17(18)20-10-4-9-19(16)22(20)21;1-2-7-14-13(6-1)16-9-5-10-17-21(16)18(14)12-19-15-8-3-4-11-20(15)23-22(17)19/h1-25H;1-13H;1-12,23H. The van der Waals surface area contributed by atoms with E-state index in [1.165, 1.54) is 204 Å². The van der Waals surface area contributed by atoms with E-state index >= 15 is 0 Å². The second-order valence-electron chi connectivity index (χ2n) is 24.7. The molecule has 0 radical (unpaired) electrons. The van der Waals surface area contributed by atoms with E-state index in [-0.39, 0.29) is 0 Å². The van der Waals surface area contributed by atoms with Crippen LogP contribution in [0.1, 0.15) is 0 Å². The summed E-state index contributed by atoms with van der Waals surface area (Å²) in [6.45, 7) is 0. The van der Waals surface area contributed by atoms with Crippen LogP contribution >= 0.6 is 15.9 Å². The number of hydrogen-bond acceptors (Lipinski definition) is 0. The van der Waals surface area contributed by atoms with Gasteiger partial charge in [-0.1, -0.05) is 271 Å². The van der Waals surface area contributed by atoms with Gasteiger partial charge in [0, 0.05) is 48.0 Å². The minimum atomic E-state index is 1.11. The molecule has 0 saturated carbocycles. The molecule has 2 aromatic heterocycles. The first kappa shape index (κ1) is 50.6. The third-order valence-electron chi connectivity index (χ3n) is 20.1. The molecule has 420 valence electrons. The lowest BCUT2D eigenvalue weighted by atomic mass is 9.94. The van der Waals surface area contributed by atoms with Crippen molar-refractivity contribution in [3.05, 3.63) is 308 Å². The van der Waals surface area contributed by atoms with Crippen LogP contribution in [0.5, 0.6) is 0 Å². The van der Waals surface area contributed by atoms with E-state index < -0.39 is 0 Å². The Labute approximate surface area is 533 Å². The summed E-state index contributed by atoms with van der Waals surface area (Å²) in [4.78, 5) is 3.63. The number of halogens is 1. The molecule has 18 aromatic rings. The molecule has 91 heavy (non-hydrogen) atoms. The average molecular weight is 1220 g/mol. The number of para-hydroxylation sites is 2. The van der Waals surface area contributed by atoms with Crippen molar-refractivity contribution in [1.29, 1.82) is 0 Å². The molecule has 4 aliphatic rings. The average Bonchev–Trinajstić information content (AvgIpc) is 1.58. The molecule has 1 N–H and O–H groups in total. The van der Waals surface area contributed by atoms with E-state index in [0.29, 0.717) is 0 Å². The van der Waals surface area contributed by atoms with Gasteiger partial charge in [0.25, 0.3) is 0 Å². The minimum Gasteiger partial charge on any atom is -0.354 e. The number of nitrogens with one attached hydrogen (secondary N) is 1. The summed E-state index contributed by atoms with van der Waals surface area (Å²) in [5.74, 6) is 0. The largest absolute Gasteiger partial charge is 0.354 e. The Morgan fingerprint density at radius 3 is 1.15 bits per heavy atom. The van der Waals surface area contributed by atoms with Crippen molar-refractivity contribution in [2.24, 2.45) is 0 Å². The number of fused-ring (bicyclic) bond motifs is 20. The number of aromatic nitrogens is 2. The first-order chi connectivity index (χ1) is 45.1. The van der Waals surface area contributed by atoms with Crippen molar-refractivity contribution in [2.75, 3.05) is 0 Å². The van der Waals surface area contributed by atoms with Crippen LogP contribution in [0.2, 0.25) is 0 Å². The number of benzene rings is 16. The normalized spacial score (nSPS) is 12.2. The smallest absolute Gasteiger partial charge is 0.0620 e. The van der Waals surface area contributed by atoms with Crippen LogP contribution in [-0.4, -0.2) is 9.55 Å². The Kier molecular flexibility index (Phi) is 10.7. The maximum atomic E-state index is 3.63. The predicted octanol–water partition coefficient (Wildman–Crippen LogP) is 25.1. The number of hydrogen-bond donors (Lipinski definition) is 1. The second-order valence-corrected chi connectivity index (χ2v) is 25.6. The van der Waals surface area contributed by atoms with Crippen molar-refractivity contribution in [3.8, 4) is 117 Å². The highest BCUT2D eigenvalue weighted by molar-refractivity contribution is 9.10. The van der Waals surface area contributed by atoms with E-state index in [0.717, 1.165) is 4.47 Å². The fraction of sp³-hybridized carbons (Fsp3) is 0. The summed E-state index contributed by atoms with van der Waals surface area (Å²) >= 11 is 3.59. The molecule has 0 unspecified atom stereocenters. The fourth-order valence-electron chi connectivity index (χ4n) is 16.4. The molecule has 2 heterocycles. The van der Waals surface area contributed by atoms with Crippen molar-refractivity contribution in [2.45, 2.75) is 0 Å². The molecule has 3 heteroatoms. The maximum Gasteiger partial charge on any atom is 0.0620 e. The summed E-state index contributed by atoms with van der Waals surface area (Å²) in [6.07, 6.45) is 0. The number of nitrogens with zero attached hydrogens (tertiary/aromatic N) is 1. The summed E-state index contributed by atoms with van der Waals surface area (Å²) in [7, 11) is 0. The molecular formula is C88H51BrN2. The van der Waals surface area contributed by atoms with Gasteiger partial charge >= 0.3 is 0 Å². The lowest BCUT2D eigenvalue weighted by Gasteiger charge is -2.14. The van der Waals surface area contributed by atoms with Gasteiger partial charge in [0.2, 0.25) is 0 Å². The van der Waals surface area contributed by atoms with Crippen molar-refractivity contribution in [1.82, 2.24) is 9.55 Å². The molecule has 0 spiro atoms. The number of H-pyrrole nitrogens is 1. The lowest BCUT2D eigenvalue weighted by molar-refractivity contribution is 1.19. The first-order valence-corrected chi connectivity index (χ1v) is 32.2. The number of aromatic amines is 1. The number of rotatable bonds is 3. The molecule has 0 amide bonds. The van der Waals surface area contributed by atoms with Gasteiger partial charge in [-0.3, -0.25) is 0 Å². The Bertz CT molecular complexity index is 6170. The van der Waals surface area contributed by atoms with Crippen molar-refractivity contribution in [3.63, 3.8) is 0 Å². The van der Waals surface area contributed by atoms with Crippen LogP contribution in [0.15, 0.2) is 308 Å². The fourth-order valence-corrected chi connectivity index (χ4v) is 16.8. The van der Waals surface area contributed by atoms with Gasteiger partial charge in [0.15, 0.2) is 0 Å². The monoisotopic (exact) mass is 1210 g/mol. The van der Waals surface area contributed by atoms with E-state index in [9.17, 15) is 0 Å². The van der Waals surface area contributed by atoms with Crippen LogP contribution in [0.25, 0.3) is 204 Å². The molecule has 0 fully saturated rings. The summed E-state index contributed by atoms with van der Waals surface area (Å²) in [6, 6.07) is 111. The molecule has 0 saturated heterocycles. The van der Waals surface area contributed by atoms with E-state index in [2.05, 4.69) is 329 Å². The van der Waals surface area contributed by atoms with Crippen molar-refractivity contribution >= 4 is 103 Å². The molecule has 2 nitrogen and oxygen atoms in total. The quantitative estimate of drug-likeness (QED) is 0.182. The van der Waals surface area contributed by atoms with Gasteiger partial charge in [-0.05, 0) is 192 Å². The predicted molar refractivity (Wildman–Crippen MR) is 389 cm³/mol. The molecule has 0 atom stereocenters. The summed E-state index contributed by atoms with van der Waals surface area (Å²) < 4.78 is 3.61. The summed E-state index contributed by atoms with van der Waals surface area (Å²) in [5.41, 5.74) is 32.7. The SMILES string of the molecule is Brc1cccc(-c2ccc3c4c(cccc24)-c2ccccc2-3)c1.c1cc(-c2ccc3c4c(cccc24)-c2ccccc2-3)cc(-n2c3ccccc3c3cc4c5c(cccc5c32)-c2ccccc2-4)c1.c1ccc2c(c1)-c1cccc3c1c-2cc1c2ccccc2[nH]c31. The van der Waals surface area contributed by atoms with Gasteiger partial charge in [-0.25, -0.2) is 0 Å². The van der Waals surface area contributed by atoms with Crippen LogP contribution in [0.3, 0.4) is 0 Å². The van der Waals surface area contributed by atoms with Crippen LogP contribution in [0.4, 0.5) is 0 Å². The van der Waals surface area contributed by atoms with Gasteiger partial charge in [-0.2, -0.15) is 0 Å². The van der Waals surface area contributed by atoms with Crippen LogP contribution < -0.4 is 0 Å². The molecule has 4 aliphatic carbocycles. The Hall–Kier alpha value is -11.4. The summed E-state index contributed by atoms with van der Waals surface area (Å²) in [5, 5.41) is 16.0. The van der Waals surface area contributed by atoms with Crippen LogP contribution in [0, 0.1) is 0 Å². The highest BCUT2D eigenvalue weighted by atomic mass is 79.9. The highest BCUT2D eigenvalue weighted by Gasteiger charge is 2.28. The topological polar surface area (TPSA) is 20.7 Å². The Morgan fingerprint density at radius 2 is 0.604 bits per heavy atom. The zero-order chi connectivity index (χ0) is 59.6. The second kappa shape index (κ2) is 19.3. The van der Waals surface area contributed by atoms with E-state index in [4.69, 9.17) is 0 Å². The highest BCUT2D eigenvalue weighted by Crippen LogP contribution is 2.55. The minimum absolute atomic E-state index is 1.11. The molecule has 16 aromatic carbocycles. The maximum absolute atomic E-state index is 3.63. The lowest BCUT2D eigenvalue weighted by Crippen LogP contribution is -1.95. The molecular weight excluding hydrogens is 1160 g/mol. The van der Waals surface area contributed by atoms with Gasteiger partial charge in [-0.15, -0.1) is 0 Å². The Morgan fingerprint density at radius 1 is 0.231 bits per heavy atom. The van der Waals surface area contributed by atoms with E-state index in [1.807, 2.05) is 0 Å². The zero-order valence-corrected chi connectivity index (χ0v) is 50.8. The van der Waals surface area contributed by atoms with Gasteiger partial charge < -0.3 is 9.55 Å². The van der Waals surface area contributed by atoms with Crippen LogP contribution in [-0.2, 0) is 0 Å². The molecule has 22 rings (SSSR count). The Balaban J connectivity index is 0.000000105. The molecule has 0 aliphatic heterocycles. The van der Waals surface area contributed by atoms with Gasteiger partial charge in [0.05, 0.1) is 16.6 Å². The zero-order valence-electron chi connectivity index (χ0n) is 49.2. The first-order valence-electron chi connectivity index (χ1n) is 31.4.